The van der Waals surface area contributed by atoms with E-state index in [2.05, 4.69) is 26.3 Å². The Labute approximate surface area is 176 Å². The van der Waals surface area contributed by atoms with Crippen molar-refractivity contribution in [2.24, 2.45) is 7.05 Å². The molecule has 30 heavy (non-hydrogen) atoms. The first kappa shape index (κ1) is 18.4. The highest BCUT2D eigenvalue weighted by Crippen LogP contribution is 2.33. The lowest BCUT2D eigenvalue weighted by Gasteiger charge is -2.14. The molecule has 0 saturated heterocycles. The van der Waals surface area contributed by atoms with Gasteiger partial charge in [-0.2, -0.15) is 0 Å². The Morgan fingerprint density at radius 2 is 2.03 bits per heavy atom. The number of carbonyl (C=O) groups excluding carboxylic acids is 1. The maximum absolute atomic E-state index is 12.4. The van der Waals surface area contributed by atoms with Crippen molar-refractivity contribution in [2.45, 2.75) is 13.0 Å². The molecule has 0 radical (unpaired) electrons. The molecular formula is C22H18N6OS. The second kappa shape index (κ2) is 7.31. The van der Waals surface area contributed by atoms with Gasteiger partial charge in [0.15, 0.2) is 0 Å². The van der Waals surface area contributed by atoms with Crippen molar-refractivity contribution in [2.75, 3.05) is 0 Å². The molecule has 5 rings (SSSR count). The Morgan fingerprint density at radius 1 is 1.13 bits per heavy atom. The predicted octanol–water partition coefficient (Wildman–Crippen LogP) is 4.13. The molecule has 1 N–H and O–H groups in total. The Hall–Kier alpha value is -3.65. The van der Waals surface area contributed by atoms with Crippen molar-refractivity contribution in [1.29, 1.82) is 0 Å². The molecule has 4 aromatic heterocycles. The Balaban J connectivity index is 1.46. The van der Waals surface area contributed by atoms with Crippen LogP contribution in [0, 0.1) is 0 Å². The largest absolute Gasteiger partial charge is 0.344 e. The summed E-state index contributed by atoms with van der Waals surface area (Å²) in [4.78, 5) is 31.1. The molecule has 1 amide bonds. The maximum Gasteiger partial charge on any atom is 0.270 e. The van der Waals surface area contributed by atoms with Crippen LogP contribution in [0.25, 0.3) is 32.0 Å². The number of carbonyl (C=O) groups is 1. The molecule has 0 unspecified atom stereocenters. The molecule has 4 heterocycles. The first-order valence-electron chi connectivity index (χ1n) is 9.49. The lowest BCUT2D eigenvalue weighted by molar-refractivity contribution is 0.0935. The topological polar surface area (TPSA) is 85.6 Å². The van der Waals surface area contributed by atoms with Gasteiger partial charge >= 0.3 is 0 Å². The molecule has 8 heteroatoms. The van der Waals surface area contributed by atoms with Crippen LogP contribution in [0.5, 0.6) is 0 Å². The summed E-state index contributed by atoms with van der Waals surface area (Å²) < 4.78 is 1.97. The van der Waals surface area contributed by atoms with E-state index >= 15 is 0 Å². The van der Waals surface area contributed by atoms with Gasteiger partial charge in [-0.25, -0.2) is 15.0 Å². The van der Waals surface area contributed by atoms with Crippen LogP contribution in [0.1, 0.15) is 29.0 Å². The summed E-state index contributed by atoms with van der Waals surface area (Å²) in [5.41, 5.74) is 5.06. The van der Waals surface area contributed by atoms with E-state index in [-0.39, 0.29) is 11.9 Å². The van der Waals surface area contributed by atoms with Gasteiger partial charge in [-0.05, 0) is 30.7 Å². The fourth-order valence-electron chi connectivity index (χ4n) is 3.42. The molecule has 0 bridgehead atoms. The first-order valence-corrected chi connectivity index (χ1v) is 10.3. The molecule has 1 aromatic carbocycles. The Kier molecular flexibility index (Phi) is 4.48. The van der Waals surface area contributed by atoms with E-state index in [9.17, 15) is 4.79 Å². The first-order chi connectivity index (χ1) is 14.6. The van der Waals surface area contributed by atoms with E-state index in [4.69, 9.17) is 4.98 Å². The van der Waals surface area contributed by atoms with Crippen LogP contribution in [0.4, 0.5) is 0 Å². The lowest BCUT2D eigenvalue weighted by Crippen LogP contribution is -2.27. The van der Waals surface area contributed by atoms with Crippen molar-refractivity contribution in [3.05, 3.63) is 72.4 Å². The number of aryl methyl sites for hydroxylation is 1. The fraction of sp³-hybridized carbons (Fsp3) is 0.136. The van der Waals surface area contributed by atoms with E-state index in [1.54, 1.807) is 48.3 Å². The van der Waals surface area contributed by atoms with Gasteiger partial charge in [0.1, 0.15) is 26.6 Å². The van der Waals surface area contributed by atoms with Crippen molar-refractivity contribution in [1.82, 2.24) is 29.8 Å². The van der Waals surface area contributed by atoms with Gasteiger partial charge in [-0.1, -0.05) is 35.6 Å². The third kappa shape index (κ3) is 3.21. The maximum atomic E-state index is 12.4. The number of nitrogens with zero attached hydrogens (tertiary/aromatic N) is 5. The third-order valence-corrected chi connectivity index (χ3v) is 5.99. The summed E-state index contributed by atoms with van der Waals surface area (Å²) in [5, 5.41) is 3.89. The summed E-state index contributed by atoms with van der Waals surface area (Å²) in [6.45, 7) is 1.96. The van der Waals surface area contributed by atoms with Crippen LogP contribution in [-0.4, -0.2) is 30.4 Å². The zero-order valence-electron chi connectivity index (χ0n) is 16.4. The van der Waals surface area contributed by atoms with Gasteiger partial charge in [0, 0.05) is 18.8 Å². The quantitative estimate of drug-likeness (QED) is 0.478. The standard InChI is InChI=1S/C22H18N6OS/c1-13(26-20(29)16-8-3-4-9-23-16)14-6-5-7-15(10-14)21-27-18-19-17(25-12-28(19)2)11-24-22(18)30-21/h3-13H,1-2H3,(H,26,29)/t13-/m0/s1. The fourth-order valence-corrected chi connectivity index (χ4v) is 4.33. The third-order valence-electron chi connectivity index (χ3n) is 4.98. The highest BCUT2D eigenvalue weighted by Gasteiger charge is 2.16. The minimum atomic E-state index is -0.198. The zero-order chi connectivity index (χ0) is 20.7. The Morgan fingerprint density at radius 3 is 2.87 bits per heavy atom. The van der Waals surface area contributed by atoms with Crippen LogP contribution < -0.4 is 5.32 Å². The van der Waals surface area contributed by atoms with Crippen molar-refractivity contribution >= 4 is 38.6 Å². The predicted molar refractivity (Wildman–Crippen MR) is 117 cm³/mol. The van der Waals surface area contributed by atoms with E-state index < -0.39 is 0 Å². The van der Waals surface area contributed by atoms with Gasteiger partial charge in [0.05, 0.1) is 24.1 Å². The number of thiazole rings is 1. The normalized spacial score (nSPS) is 12.3. The molecule has 1 atom stereocenters. The number of amides is 1. The minimum absolute atomic E-state index is 0.171. The number of fused-ring (bicyclic) bond motifs is 3. The molecule has 0 aliphatic rings. The number of hydrogen-bond donors (Lipinski definition) is 1. The van der Waals surface area contributed by atoms with Gasteiger partial charge in [0.25, 0.3) is 5.91 Å². The number of pyridine rings is 2. The van der Waals surface area contributed by atoms with Crippen LogP contribution in [0.3, 0.4) is 0 Å². The summed E-state index contributed by atoms with van der Waals surface area (Å²) >= 11 is 1.55. The average Bonchev–Trinajstić information content (AvgIpc) is 3.38. The SMILES string of the molecule is C[C@H](NC(=O)c1ccccn1)c1cccc(-c2nc3c(ncc4ncn(C)c43)s2)c1. The second-order valence-corrected chi connectivity index (χ2v) is 8.03. The summed E-state index contributed by atoms with van der Waals surface area (Å²) in [6, 6.07) is 13.2. The number of nitrogens with one attached hydrogen (secondary N) is 1. The van der Waals surface area contributed by atoms with Crippen molar-refractivity contribution in [3.63, 3.8) is 0 Å². The highest BCUT2D eigenvalue weighted by atomic mass is 32.1. The van der Waals surface area contributed by atoms with E-state index in [1.165, 1.54) is 0 Å². The number of imidazole rings is 1. The van der Waals surface area contributed by atoms with Crippen LogP contribution in [0.15, 0.2) is 61.2 Å². The van der Waals surface area contributed by atoms with Crippen molar-refractivity contribution < 1.29 is 4.79 Å². The molecule has 0 spiro atoms. The zero-order valence-corrected chi connectivity index (χ0v) is 17.2. The van der Waals surface area contributed by atoms with Gasteiger partial charge in [-0.15, -0.1) is 0 Å². The molecular weight excluding hydrogens is 396 g/mol. The average molecular weight is 414 g/mol. The molecule has 0 aliphatic heterocycles. The van der Waals surface area contributed by atoms with Gasteiger partial charge < -0.3 is 9.88 Å². The van der Waals surface area contributed by atoms with Crippen LogP contribution >= 0.6 is 11.3 Å². The van der Waals surface area contributed by atoms with Crippen LogP contribution in [-0.2, 0) is 7.05 Å². The highest BCUT2D eigenvalue weighted by molar-refractivity contribution is 7.21. The molecule has 7 nitrogen and oxygen atoms in total. The molecule has 5 aromatic rings. The monoisotopic (exact) mass is 414 g/mol. The molecule has 0 aliphatic carbocycles. The number of hydrogen-bond acceptors (Lipinski definition) is 6. The smallest absolute Gasteiger partial charge is 0.270 e. The summed E-state index contributed by atoms with van der Waals surface area (Å²) in [5.74, 6) is -0.198. The van der Waals surface area contributed by atoms with E-state index in [1.807, 2.05) is 36.7 Å². The molecule has 0 fully saturated rings. The second-order valence-electron chi connectivity index (χ2n) is 7.06. The minimum Gasteiger partial charge on any atom is -0.344 e. The summed E-state index contributed by atoms with van der Waals surface area (Å²) in [6.07, 6.45) is 5.17. The van der Waals surface area contributed by atoms with Crippen molar-refractivity contribution in [3.8, 4) is 10.6 Å². The van der Waals surface area contributed by atoms with E-state index in [0.717, 1.165) is 37.5 Å². The van der Waals surface area contributed by atoms with Gasteiger partial charge in [-0.3, -0.25) is 9.78 Å². The molecule has 148 valence electrons. The number of rotatable bonds is 4. The molecule has 0 saturated carbocycles. The lowest BCUT2D eigenvalue weighted by atomic mass is 10.1. The Bertz CT molecular complexity index is 1370. The number of aromatic nitrogens is 5. The summed E-state index contributed by atoms with van der Waals surface area (Å²) in [7, 11) is 1.96. The van der Waals surface area contributed by atoms with E-state index in [0.29, 0.717) is 5.69 Å². The number of benzene rings is 1. The van der Waals surface area contributed by atoms with Crippen LogP contribution in [0.2, 0.25) is 0 Å². The van der Waals surface area contributed by atoms with Gasteiger partial charge in [0.2, 0.25) is 0 Å².